The predicted octanol–water partition coefficient (Wildman–Crippen LogP) is 13.4. The van der Waals surface area contributed by atoms with Crippen molar-refractivity contribution >= 4 is 5.97 Å². The van der Waals surface area contributed by atoms with Crippen LogP contribution in [0.5, 0.6) is 0 Å². The Labute approximate surface area is 403 Å². The lowest BCUT2D eigenvalue weighted by atomic mass is 9.99. The zero-order valence-corrected chi connectivity index (χ0v) is 41.9. The highest BCUT2D eigenvalue weighted by Gasteiger charge is 2.44. The highest BCUT2D eigenvalue weighted by Crippen LogP contribution is 2.23. The van der Waals surface area contributed by atoms with Crippen LogP contribution in [0.25, 0.3) is 0 Å². The van der Waals surface area contributed by atoms with Crippen molar-refractivity contribution in [2.45, 2.75) is 243 Å². The highest BCUT2D eigenvalue weighted by atomic mass is 16.7. The molecule has 0 spiro atoms. The second-order valence-corrected chi connectivity index (χ2v) is 17.9. The Bertz CT molecular complexity index is 1280. The maximum Gasteiger partial charge on any atom is 0.306 e. The first-order valence-corrected chi connectivity index (χ1v) is 26.7. The van der Waals surface area contributed by atoms with Gasteiger partial charge >= 0.3 is 5.97 Å². The Morgan fingerprint density at radius 2 is 0.879 bits per heavy atom. The van der Waals surface area contributed by atoms with E-state index in [4.69, 9.17) is 18.9 Å². The van der Waals surface area contributed by atoms with Crippen LogP contribution >= 0.6 is 0 Å². The van der Waals surface area contributed by atoms with Gasteiger partial charge in [0, 0.05) is 13.0 Å². The van der Waals surface area contributed by atoms with Crippen LogP contribution in [0, 0.1) is 0 Å². The lowest BCUT2D eigenvalue weighted by molar-refractivity contribution is -0.305. The van der Waals surface area contributed by atoms with Gasteiger partial charge in [0.2, 0.25) is 0 Å². The zero-order chi connectivity index (χ0) is 47.8. The molecule has 9 heteroatoms. The number of carbonyl (C=O) groups is 1. The van der Waals surface area contributed by atoms with Crippen molar-refractivity contribution in [1.82, 2.24) is 0 Å². The zero-order valence-electron chi connectivity index (χ0n) is 41.9. The summed E-state index contributed by atoms with van der Waals surface area (Å²) in [6, 6.07) is 0. The van der Waals surface area contributed by atoms with Gasteiger partial charge in [-0.25, -0.2) is 0 Å². The topological polar surface area (TPSA) is 135 Å². The van der Waals surface area contributed by atoms with Gasteiger partial charge in [0.15, 0.2) is 6.29 Å². The second kappa shape index (κ2) is 47.4. The van der Waals surface area contributed by atoms with Crippen molar-refractivity contribution in [2.75, 3.05) is 26.4 Å². The van der Waals surface area contributed by atoms with Crippen LogP contribution in [0.1, 0.15) is 206 Å². The maximum atomic E-state index is 12.9. The van der Waals surface area contributed by atoms with E-state index in [1.54, 1.807) is 0 Å². The van der Waals surface area contributed by atoms with Crippen LogP contribution in [-0.2, 0) is 23.7 Å². The predicted molar refractivity (Wildman–Crippen MR) is 274 cm³/mol. The molecule has 1 aliphatic rings. The van der Waals surface area contributed by atoms with Crippen molar-refractivity contribution in [3.8, 4) is 0 Å². The Kier molecular flexibility index (Phi) is 44.1. The number of hydrogen-bond donors (Lipinski definition) is 4. The van der Waals surface area contributed by atoms with Crippen molar-refractivity contribution in [3.05, 3.63) is 85.1 Å². The summed E-state index contributed by atoms with van der Waals surface area (Å²) >= 11 is 0. The average molecular weight is 927 g/mol. The molecule has 0 aliphatic carbocycles. The van der Waals surface area contributed by atoms with E-state index in [0.29, 0.717) is 13.0 Å². The maximum absolute atomic E-state index is 12.9. The van der Waals surface area contributed by atoms with E-state index < -0.39 is 43.4 Å². The molecule has 0 radical (unpaired) electrons. The van der Waals surface area contributed by atoms with Crippen LogP contribution in [-0.4, -0.2) is 89.6 Å². The monoisotopic (exact) mass is 927 g/mol. The fourth-order valence-corrected chi connectivity index (χ4v) is 7.73. The van der Waals surface area contributed by atoms with Gasteiger partial charge < -0.3 is 39.4 Å². The van der Waals surface area contributed by atoms with Crippen LogP contribution < -0.4 is 0 Å². The molecule has 1 heterocycles. The van der Waals surface area contributed by atoms with Crippen molar-refractivity contribution < 1.29 is 44.2 Å². The van der Waals surface area contributed by atoms with Gasteiger partial charge in [0.1, 0.15) is 30.5 Å². The molecule has 4 N–H and O–H groups in total. The number of hydrogen-bond acceptors (Lipinski definition) is 9. The third-order valence-electron chi connectivity index (χ3n) is 11.8. The minimum Gasteiger partial charge on any atom is -0.457 e. The fourth-order valence-electron chi connectivity index (χ4n) is 7.73. The molecule has 6 unspecified atom stereocenters. The third-order valence-corrected chi connectivity index (χ3v) is 11.8. The van der Waals surface area contributed by atoms with Crippen LogP contribution in [0.4, 0.5) is 0 Å². The number of ether oxygens (including phenoxy) is 4. The summed E-state index contributed by atoms with van der Waals surface area (Å²) in [6.07, 6.45) is 57.6. The molecule has 1 fully saturated rings. The fraction of sp³-hybridized carbons (Fsp3) is 0.737. The highest BCUT2D eigenvalue weighted by molar-refractivity contribution is 5.69. The number of rotatable bonds is 45. The number of esters is 1. The van der Waals surface area contributed by atoms with Crippen LogP contribution in [0.15, 0.2) is 85.1 Å². The van der Waals surface area contributed by atoms with Gasteiger partial charge in [-0.15, -0.1) is 0 Å². The quantitative estimate of drug-likeness (QED) is 0.0267. The first-order chi connectivity index (χ1) is 32.4. The van der Waals surface area contributed by atoms with E-state index in [-0.39, 0.29) is 19.2 Å². The molecule has 0 saturated carbocycles. The third kappa shape index (κ3) is 37.4. The van der Waals surface area contributed by atoms with Crippen molar-refractivity contribution in [3.63, 3.8) is 0 Å². The molecule has 0 aromatic carbocycles. The van der Waals surface area contributed by atoms with Crippen LogP contribution in [0.2, 0.25) is 0 Å². The second-order valence-electron chi connectivity index (χ2n) is 17.9. The Balaban J connectivity index is 2.18. The van der Waals surface area contributed by atoms with E-state index in [9.17, 15) is 25.2 Å². The summed E-state index contributed by atoms with van der Waals surface area (Å²) in [5, 5.41) is 40.3. The standard InChI is InChI=1S/C57H98O9/c1-3-5-7-9-11-13-15-17-19-21-23-24-25-26-27-28-29-30-32-34-36-38-40-42-44-46-53(59)65-51(50-64-57-56(62)55(61)54(60)52(48-58)66-57)49-63-47-45-43-41-39-37-35-33-31-22-20-18-16-14-12-10-8-6-4-2/h5-8,11-14,17-20,23-24,51-52,54-58,60-62H,3-4,9-10,15-16,21-22,25-50H2,1-2H3/b7-5-,8-6-,13-11-,14-12-,19-17-,20-18-,24-23-. The Morgan fingerprint density at radius 1 is 0.485 bits per heavy atom. The summed E-state index contributed by atoms with van der Waals surface area (Å²) in [5.41, 5.74) is 0. The van der Waals surface area contributed by atoms with Crippen molar-refractivity contribution in [2.24, 2.45) is 0 Å². The molecule has 0 amide bonds. The molecule has 1 aliphatic heterocycles. The molecule has 0 bridgehead atoms. The SMILES string of the molecule is CC/C=C\C/C=C\C/C=C\C/C=C\CCCCCCCCCCCCCCC(=O)OC(COCCCCCCCCCC/C=C\C/C=C\C/C=C\CC)COC1OC(CO)C(O)C(O)C1O. The summed E-state index contributed by atoms with van der Waals surface area (Å²) < 4.78 is 22.9. The number of aliphatic hydroxyl groups excluding tert-OH is 4. The molecule has 0 aromatic heterocycles. The summed E-state index contributed by atoms with van der Waals surface area (Å²) in [6.45, 7) is 4.32. The van der Waals surface area contributed by atoms with Gasteiger partial charge in [-0.3, -0.25) is 4.79 Å². The lowest BCUT2D eigenvalue weighted by Crippen LogP contribution is -2.59. The number of allylic oxidation sites excluding steroid dienone is 14. The number of carbonyl (C=O) groups excluding carboxylic acids is 1. The minimum absolute atomic E-state index is 0.121. The van der Waals surface area contributed by atoms with E-state index in [2.05, 4.69) is 98.9 Å². The van der Waals surface area contributed by atoms with Gasteiger partial charge in [0.05, 0.1) is 19.8 Å². The van der Waals surface area contributed by atoms with Crippen molar-refractivity contribution in [1.29, 1.82) is 0 Å². The van der Waals surface area contributed by atoms with E-state index >= 15 is 0 Å². The Morgan fingerprint density at radius 3 is 1.32 bits per heavy atom. The molecule has 9 nitrogen and oxygen atoms in total. The molecule has 1 saturated heterocycles. The molecular weight excluding hydrogens is 829 g/mol. The molecule has 0 aromatic rings. The van der Waals surface area contributed by atoms with E-state index in [1.807, 2.05) is 0 Å². The lowest BCUT2D eigenvalue weighted by Gasteiger charge is -2.39. The molecular formula is C57H98O9. The Hall–Kier alpha value is -2.63. The first-order valence-electron chi connectivity index (χ1n) is 26.7. The molecule has 6 atom stereocenters. The minimum atomic E-state index is -1.54. The van der Waals surface area contributed by atoms with Crippen LogP contribution in [0.3, 0.4) is 0 Å². The van der Waals surface area contributed by atoms with E-state index in [1.165, 1.54) is 96.3 Å². The van der Waals surface area contributed by atoms with Gasteiger partial charge in [-0.1, -0.05) is 202 Å². The smallest absolute Gasteiger partial charge is 0.306 e. The van der Waals surface area contributed by atoms with Gasteiger partial charge in [0.25, 0.3) is 0 Å². The largest absolute Gasteiger partial charge is 0.457 e. The summed E-state index contributed by atoms with van der Waals surface area (Å²) in [5.74, 6) is -0.321. The summed E-state index contributed by atoms with van der Waals surface area (Å²) in [4.78, 5) is 12.9. The normalized spacial score (nSPS) is 20.0. The van der Waals surface area contributed by atoms with Gasteiger partial charge in [-0.2, -0.15) is 0 Å². The molecule has 1 rings (SSSR count). The molecule has 380 valence electrons. The number of unbranched alkanes of at least 4 members (excludes halogenated alkanes) is 20. The average Bonchev–Trinajstić information content (AvgIpc) is 3.32. The van der Waals surface area contributed by atoms with Gasteiger partial charge in [-0.05, 0) is 83.5 Å². The first kappa shape index (κ1) is 61.4. The summed E-state index contributed by atoms with van der Waals surface area (Å²) in [7, 11) is 0. The molecule has 66 heavy (non-hydrogen) atoms. The number of aliphatic hydroxyl groups is 4. The van der Waals surface area contributed by atoms with E-state index in [0.717, 1.165) is 89.9 Å².